The summed E-state index contributed by atoms with van der Waals surface area (Å²) < 4.78 is 4.80. The molecule has 0 aliphatic heterocycles. The molecule has 0 atom stereocenters. The smallest absolute Gasteiger partial charge is 0.310 e. The highest BCUT2D eigenvalue weighted by molar-refractivity contribution is 9.08. The Morgan fingerprint density at radius 2 is 2.18 bits per heavy atom. The number of aromatic hydroxyl groups is 1. The predicted molar refractivity (Wildman–Crippen MR) is 65.8 cm³/mol. The van der Waals surface area contributed by atoms with Gasteiger partial charge in [-0.1, -0.05) is 15.9 Å². The number of nitrogens with zero attached hydrogens (tertiary/aromatic N) is 1. The highest BCUT2D eigenvalue weighted by Crippen LogP contribution is 2.27. The van der Waals surface area contributed by atoms with Crippen LogP contribution in [0.25, 0.3) is 0 Å². The van der Waals surface area contributed by atoms with E-state index in [0.717, 1.165) is 0 Å². The number of carbonyl (C=O) groups is 1. The number of esters is 1. The molecule has 0 fully saturated rings. The summed E-state index contributed by atoms with van der Waals surface area (Å²) in [4.78, 5) is 11.3. The van der Waals surface area contributed by atoms with Crippen LogP contribution in [0.15, 0.2) is 12.1 Å². The van der Waals surface area contributed by atoms with Crippen molar-refractivity contribution in [3.8, 4) is 11.8 Å². The van der Waals surface area contributed by atoms with Crippen molar-refractivity contribution in [1.82, 2.24) is 0 Å². The summed E-state index contributed by atoms with van der Waals surface area (Å²) in [5.74, 6) is -0.382. The lowest BCUT2D eigenvalue weighted by Gasteiger charge is -2.08. The van der Waals surface area contributed by atoms with Gasteiger partial charge in [0.05, 0.1) is 24.7 Å². The van der Waals surface area contributed by atoms with Gasteiger partial charge in [-0.15, -0.1) is 0 Å². The van der Waals surface area contributed by atoms with Gasteiger partial charge in [0.25, 0.3) is 0 Å². The van der Waals surface area contributed by atoms with Crippen LogP contribution in [0.2, 0.25) is 0 Å². The van der Waals surface area contributed by atoms with Gasteiger partial charge in [0.1, 0.15) is 5.75 Å². The first-order chi connectivity index (χ1) is 8.12. The summed E-state index contributed by atoms with van der Waals surface area (Å²) >= 11 is 3.22. The number of rotatable bonds is 4. The summed E-state index contributed by atoms with van der Waals surface area (Å²) in [7, 11) is 0. The summed E-state index contributed by atoms with van der Waals surface area (Å²) in [5.41, 5.74) is 1.41. The van der Waals surface area contributed by atoms with Crippen LogP contribution in [-0.4, -0.2) is 17.7 Å². The Bertz CT molecular complexity index is 466. The van der Waals surface area contributed by atoms with Gasteiger partial charge in [0.2, 0.25) is 0 Å². The van der Waals surface area contributed by atoms with E-state index in [4.69, 9.17) is 10.00 Å². The van der Waals surface area contributed by atoms with Crippen molar-refractivity contribution >= 4 is 21.9 Å². The second-order valence-corrected chi connectivity index (χ2v) is 3.93. The molecule has 0 aliphatic rings. The third kappa shape index (κ3) is 3.46. The first-order valence-corrected chi connectivity index (χ1v) is 6.21. The Balaban J connectivity index is 3.06. The van der Waals surface area contributed by atoms with Crippen molar-refractivity contribution in [3.63, 3.8) is 0 Å². The molecule has 0 heterocycles. The number of phenols is 1. The van der Waals surface area contributed by atoms with Crippen molar-refractivity contribution in [3.05, 3.63) is 28.8 Å². The molecular formula is C12H12BrNO3. The van der Waals surface area contributed by atoms with Crippen molar-refractivity contribution < 1.29 is 14.6 Å². The molecule has 1 N–H and O–H groups in total. The molecule has 1 rings (SSSR count). The van der Waals surface area contributed by atoms with Gasteiger partial charge in [-0.2, -0.15) is 5.26 Å². The lowest BCUT2D eigenvalue weighted by molar-refractivity contribution is -0.142. The molecule has 1 aromatic carbocycles. The molecule has 90 valence electrons. The Kier molecular flexibility index (Phi) is 4.98. The van der Waals surface area contributed by atoms with Gasteiger partial charge >= 0.3 is 5.97 Å². The first kappa shape index (κ1) is 13.5. The summed E-state index contributed by atoms with van der Waals surface area (Å²) in [6.45, 7) is 2.01. The maximum atomic E-state index is 11.3. The highest BCUT2D eigenvalue weighted by atomic mass is 79.9. The van der Waals surface area contributed by atoms with Crippen LogP contribution in [0.3, 0.4) is 0 Å². The zero-order chi connectivity index (χ0) is 12.8. The van der Waals surface area contributed by atoms with Gasteiger partial charge in [0, 0.05) is 16.5 Å². The zero-order valence-electron chi connectivity index (χ0n) is 9.36. The number of alkyl halides is 1. The Labute approximate surface area is 108 Å². The number of nitriles is 1. The fourth-order valence-corrected chi connectivity index (χ4v) is 1.86. The molecule has 0 amide bonds. The van der Waals surface area contributed by atoms with E-state index in [0.29, 0.717) is 28.6 Å². The molecule has 0 radical (unpaired) electrons. The number of benzene rings is 1. The summed E-state index contributed by atoms with van der Waals surface area (Å²) in [6.07, 6.45) is -0.0325. The molecule has 1 aromatic rings. The molecule has 0 saturated heterocycles. The Hall–Kier alpha value is -1.54. The monoisotopic (exact) mass is 297 g/mol. The maximum Gasteiger partial charge on any atom is 0.310 e. The second kappa shape index (κ2) is 6.26. The van der Waals surface area contributed by atoms with E-state index < -0.39 is 5.97 Å². The molecular weight excluding hydrogens is 286 g/mol. The summed E-state index contributed by atoms with van der Waals surface area (Å²) in [5, 5.41) is 19.1. The second-order valence-electron chi connectivity index (χ2n) is 3.37. The number of hydrogen-bond donors (Lipinski definition) is 1. The van der Waals surface area contributed by atoms with Gasteiger partial charge in [-0.3, -0.25) is 4.79 Å². The Morgan fingerprint density at radius 1 is 1.53 bits per heavy atom. The lowest BCUT2D eigenvalue weighted by Crippen LogP contribution is -2.08. The van der Waals surface area contributed by atoms with E-state index in [1.54, 1.807) is 13.0 Å². The standard InChI is InChI=1S/C12H12BrNO3/c1-2-17-11(15)5-9-3-8(7-14)4-10(6-13)12(9)16/h3-4,16H,2,5-6H2,1H3. The van der Waals surface area contributed by atoms with Crippen LogP contribution in [0, 0.1) is 11.3 Å². The first-order valence-electron chi connectivity index (χ1n) is 5.08. The van der Waals surface area contributed by atoms with Gasteiger partial charge < -0.3 is 9.84 Å². The molecule has 0 aromatic heterocycles. The third-order valence-corrected chi connectivity index (χ3v) is 2.79. The van der Waals surface area contributed by atoms with Gasteiger partial charge in [-0.25, -0.2) is 0 Å². The van der Waals surface area contributed by atoms with Crippen LogP contribution in [0.5, 0.6) is 5.75 Å². The van der Waals surface area contributed by atoms with E-state index in [1.807, 2.05) is 6.07 Å². The molecule has 5 heteroatoms. The highest BCUT2D eigenvalue weighted by Gasteiger charge is 2.13. The van der Waals surface area contributed by atoms with E-state index in [-0.39, 0.29) is 12.2 Å². The van der Waals surface area contributed by atoms with Crippen molar-refractivity contribution in [2.24, 2.45) is 0 Å². The van der Waals surface area contributed by atoms with Crippen molar-refractivity contribution in [1.29, 1.82) is 5.26 Å². The van der Waals surface area contributed by atoms with Crippen LogP contribution in [-0.2, 0) is 21.3 Å². The van der Waals surface area contributed by atoms with E-state index in [1.165, 1.54) is 6.07 Å². The summed E-state index contributed by atoms with van der Waals surface area (Å²) in [6, 6.07) is 5.07. The average Bonchev–Trinajstić information content (AvgIpc) is 2.32. The van der Waals surface area contributed by atoms with E-state index in [9.17, 15) is 9.90 Å². The fourth-order valence-electron chi connectivity index (χ4n) is 1.43. The maximum absolute atomic E-state index is 11.3. The molecule has 0 spiro atoms. The van der Waals surface area contributed by atoms with Crippen molar-refractivity contribution in [2.75, 3.05) is 6.61 Å². The van der Waals surface area contributed by atoms with Crippen LogP contribution >= 0.6 is 15.9 Å². The van der Waals surface area contributed by atoms with E-state index in [2.05, 4.69) is 15.9 Å². The molecule has 17 heavy (non-hydrogen) atoms. The largest absolute Gasteiger partial charge is 0.507 e. The van der Waals surface area contributed by atoms with E-state index >= 15 is 0 Å². The van der Waals surface area contributed by atoms with Crippen LogP contribution in [0.1, 0.15) is 23.6 Å². The number of ether oxygens (including phenoxy) is 1. The quantitative estimate of drug-likeness (QED) is 0.684. The molecule has 0 unspecified atom stereocenters. The minimum absolute atomic E-state index is 0.0325. The van der Waals surface area contributed by atoms with Gasteiger partial charge in [-0.05, 0) is 19.1 Å². The fraction of sp³-hybridized carbons (Fsp3) is 0.333. The minimum atomic E-state index is -0.418. The zero-order valence-corrected chi connectivity index (χ0v) is 11.0. The van der Waals surface area contributed by atoms with Crippen LogP contribution in [0.4, 0.5) is 0 Å². The van der Waals surface area contributed by atoms with Crippen molar-refractivity contribution in [2.45, 2.75) is 18.7 Å². The predicted octanol–water partition coefficient (Wildman–Crippen LogP) is 2.26. The number of halogens is 1. The normalized spacial score (nSPS) is 9.71. The average molecular weight is 298 g/mol. The SMILES string of the molecule is CCOC(=O)Cc1cc(C#N)cc(CBr)c1O. The number of phenolic OH excluding ortho intramolecular Hbond substituents is 1. The van der Waals surface area contributed by atoms with Gasteiger partial charge in [0.15, 0.2) is 0 Å². The number of carbonyl (C=O) groups excluding carboxylic acids is 1. The molecule has 0 bridgehead atoms. The number of hydrogen-bond acceptors (Lipinski definition) is 4. The molecule has 4 nitrogen and oxygen atoms in total. The third-order valence-electron chi connectivity index (χ3n) is 2.18. The minimum Gasteiger partial charge on any atom is -0.507 e. The molecule has 0 aliphatic carbocycles. The Morgan fingerprint density at radius 3 is 2.71 bits per heavy atom. The van der Waals surface area contributed by atoms with Crippen LogP contribution < -0.4 is 0 Å². The molecule has 0 saturated carbocycles. The topological polar surface area (TPSA) is 70.3 Å². The lowest BCUT2D eigenvalue weighted by atomic mass is 10.0.